The number of amides is 1. The van der Waals surface area contributed by atoms with Gasteiger partial charge >= 0.3 is 0 Å². The summed E-state index contributed by atoms with van der Waals surface area (Å²) in [5.41, 5.74) is 0.272. The zero-order valence-corrected chi connectivity index (χ0v) is 12.2. The lowest BCUT2D eigenvalue weighted by molar-refractivity contribution is 0.0634. The van der Waals surface area contributed by atoms with Crippen molar-refractivity contribution in [3.63, 3.8) is 0 Å². The molecule has 5 heteroatoms. The van der Waals surface area contributed by atoms with Gasteiger partial charge in [0.1, 0.15) is 5.69 Å². The molecule has 1 fully saturated rings. The Kier molecular flexibility index (Phi) is 4.12. The van der Waals surface area contributed by atoms with Crippen LogP contribution in [0.2, 0.25) is 0 Å². The number of nitrogens with one attached hydrogen (secondary N) is 1. The standard InChI is InChI=1S/C13H19BrN2O2/c1-2-6-16-8-10(14)7-11(16)12(18)15-13(9-17)4-3-5-13/h7-8,17H,2-6,9H2,1H3,(H,15,18). The zero-order chi connectivity index (χ0) is 13.2. The molecular formula is C13H19BrN2O2. The van der Waals surface area contributed by atoms with Crippen molar-refractivity contribution in [3.05, 3.63) is 22.4 Å². The molecule has 2 rings (SSSR count). The van der Waals surface area contributed by atoms with Crippen LogP contribution in [0.3, 0.4) is 0 Å². The van der Waals surface area contributed by atoms with E-state index in [-0.39, 0.29) is 18.1 Å². The fourth-order valence-electron chi connectivity index (χ4n) is 2.32. The molecule has 0 atom stereocenters. The van der Waals surface area contributed by atoms with E-state index in [0.717, 1.165) is 36.7 Å². The maximum atomic E-state index is 12.3. The highest BCUT2D eigenvalue weighted by molar-refractivity contribution is 9.10. The van der Waals surface area contributed by atoms with Crippen molar-refractivity contribution < 1.29 is 9.90 Å². The first-order valence-electron chi connectivity index (χ1n) is 6.39. The average molecular weight is 315 g/mol. The number of hydrogen-bond acceptors (Lipinski definition) is 2. The van der Waals surface area contributed by atoms with Gasteiger partial charge < -0.3 is 15.0 Å². The first kappa shape index (κ1) is 13.6. The molecule has 1 aliphatic rings. The number of carbonyl (C=O) groups is 1. The summed E-state index contributed by atoms with van der Waals surface area (Å²) in [5, 5.41) is 12.4. The molecule has 100 valence electrons. The van der Waals surface area contributed by atoms with Crippen LogP contribution < -0.4 is 5.32 Å². The monoisotopic (exact) mass is 314 g/mol. The second kappa shape index (κ2) is 5.45. The molecule has 0 bridgehead atoms. The first-order chi connectivity index (χ1) is 8.60. The van der Waals surface area contributed by atoms with E-state index in [1.807, 2.05) is 16.8 Å². The molecule has 1 aliphatic carbocycles. The smallest absolute Gasteiger partial charge is 0.268 e. The number of rotatable bonds is 5. The molecule has 1 saturated carbocycles. The highest BCUT2D eigenvalue weighted by atomic mass is 79.9. The molecule has 1 aromatic rings. The summed E-state index contributed by atoms with van der Waals surface area (Å²) in [6.07, 6.45) is 5.70. The van der Waals surface area contributed by atoms with E-state index in [0.29, 0.717) is 5.69 Å². The predicted octanol–water partition coefficient (Wildman–Crippen LogP) is 2.31. The molecule has 18 heavy (non-hydrogen) atoms. The van der Waals surface area contributed by atoms with Gasteiger partial charge in [-0.05, 0) is 47.7 Å². The number of aryl methyl sites for hydroxylation is 1. The molecule has 0 radical (unpaired) electrons. The number of carbonyl (C=O) groups excluding carboxylic acids is 1. The van der Waals surface area contributed by atoms with Crippen LogP contribution in [0.4, 0.5) is 0 Å². The van der Waals surface area contributed by atoms with E-state index in [1.54, 1.807) is 0 Å². The summed E-state index contributed by atoms with van der Waals surface area (Å²) in [7, 11) is 0. The van der Waals surface area contributed by atoms with Gasteiger partial charge in [-0.1, -0.05) is 6.92 Å². The van der Waals surface area contributed by atoms with Crippen molar-refractivity contribution in [2.75, 3.05) is 6.61 Å². The van der Waals surface area contributed by atoms with E-state index in [4.69, 9.17) is 0 Å². The number of nitrogens with zero attached hydrogens (tertiary/aromatic N) is 1. The summed E-state index contributed by atoms with van der Waals surface area (Å²) in [6.45, 7) is 2.92. The van der Waals surface area contributed by atoms with Crippen LogP contribution in [-0.2, 0) is 6.54 Å². The zero-order valence-electron chi connectivity index (χ0n) is 10.6. The lowest BCUT2D eigenvalue weighted by Crippen LogP contribution is -2.56. The van der Waals surface area contributed by atoms with Gasteiger partial charge in [0.25, 0.3) is 5.91 Å². The second-order valence-electron chi connectivity index (χ2n) is 4.98. The Morgan fingerprint density at radius 1 is 1.61 bits per heavy atom. The molecule has 0 unspecified atom stereocenters. The van der Waals surface area contributed by atoms with E-state index in [9.17, 15) is 9.90 Å². The van der Waals surface area contributed by atoms with Gasteiger partial charge in [0.2, 0.25) is 0 Å². The minimum absolute atomic E-state index is 0.0222. The number of aliphatic hydroxyl groups excluding tert-OH is 1. The number of halogens is 1. The van der Waals surface area contributed by atoms with Crippen molar-refractivity contribution in [1.29, 1.82) is 0 Å². The Bertz CT molecular complexity index is 433. The molecule has 1 heterocycles. The predicted molar refractivity (Wildman–Crippen MR) is 73.6 cm³/mol. The van der Waals surface area contributed by atoms with Crippen molar-refractivity contribution in [2.45, 2.75) is 44.7 Å². The Morgan fingerprint density at radius 3 is 2.83 bits per heavy atom. The maximum absolute atomic E-state index is 12.3. The molecule has 0 aliphatic heterocycles. The second-order valence-corrected chi connectivity index (χ2v) is 5.90. The topological polar surface area (TPSA) is 54.3 Å². The van der Waals surface area contributed by atoms with Gasteiger partial charge in [-0.2, -0.15) is 0 Å². The highest BCUT2D eigenvalue weighted by Gasteiger charge is 2.38. The molecule has 4 nitrogen and oxygen atoms in total. The molecule has 0 saturated heterocycles. The van der Waals surface area contributed by atoms with Crippen LogP contribution in [0.5, 0.6) is 0 Å². The van der Waals surface area contributed by atoms with Crippen LogP contribution >= 0.6 is 15.9 Å². The lowest BCUT2D eigenvalue weighted by Gasteiger charge is -2.40. The van der Waals surface area contributed by atoms with Crippen molar-refractivity contribution in [3.8, 4) is 0 Å². The van der Waals surface area contributed by atoms with Crippen LogP contribution in [0.15, 0.2) is 16.7 Å². The first-order valence-corrected chi connectivity index (χ1v) is 7.18. The fourth-order valence-corrected chi connectivity index (χ4v) is 2.79. The molecule has 0 spiro atoms. The van der Waals surface area contributed by atoms with Crippen molar-refractivity contribution in [2.24, 2.45) is 0 Å². The Morgan fingerprint density at radius 2 is 2.33 bits per heavy atom. The van der Waals surface area contributed by atoms with E-state index in [1.165, 1.54) is 0 Å². The summed E-state index contributed by atoms with van der Waals surface area (Å²) in [6, 6.07) is 1.83. The Labute approximate surface area is 116 Å². The third kappa shape index (κ3) is 2.62. The maximum Gasteiger partial charge on any atom is 0.268 e. The normalized spacial score (nSPS) is 17.3. The van der Waals surface area contributed by atoms with E-state index >= 15 is 0 Å². The van der Waals surface area contributed by atoms with Crippen LogP contribution in [0.1, 0.15) is 43.1 Å². The largest absolute Gasteiger partial charge is 0.394 e. The van der Waals surface area contributed by atoms with Crippen molar-refractivity contribution in [1.82, 2.24) is 9.88 Å². The number of aliphatic hydroxyl groups is 1. The molecular weight excluding hydrogens is 296 g/mol. The molecule has 0 aromatic carbocycles. The van der Waals surface area contributed by atoms with Gasteiger partial charge in [0.05, 0.1) is 12.1 Å². The quantitative estimate of drug-likeness (QED) is 0.876. The molecule has 1 aromatic heterocycles. The summed E-state index contributed by atoms with van der Waals surface area (Å²) in [4.78, 5) is 12.3. The average Bonchev–Trinajstić information content (AvgIpc) is 2.65. The third-order valence-electron chi connectivity index (χ3n) is 3.55. The molecule has 1 amide bonds. The third-order valence-corrected chi connectivity index (χ3v) is 3.99. The van der Waals surface area contributed by atoms with Gasteiger partial charge in [0, 0.05) is 17.2 Å². The van der Waals surface area contributed by atoms with Gasteiger partial charge in [-0.25, -0.2) is 0 Å². The highest BCUT2D eigenvalue weighted by Crippen LogP contribution is 2.31. The lowest BCUT2D eigenvalue weighted by atomic mass is 9.77. The fraction of sp³-hybridized carbons (Fsp3) is 0.615. The van der Waals surface area contributed by atoms with Crippen molar-refractivity contribution >= 4 is 21.8 Å². The summed E-state index contributed by atoms with van der Waals surface area (Å²) < 4.78 is 2.86. The summed E-state index contributed by atoms with van der Waals surface area (Å²) in [5.74, 6) is -0.0945. The molecule has 2 N–H and O–H groups in total. The SMILES string of the molecule is CCCn1cc(Br)cc1C(=O)NC1(CO)CCC1. The van der Waals surface area contributed by atoms with E-state index < -0.39 is 0 Å². The number of aromatic nitrogens is 1. The minimum Gasteiger partial charge on any atom is -0.394 e. The van der Waals surface area contributed by atoms with Crippen LogP contribution in [-0.4, -0.2) is 27.7 Å². The Balaban J connectivity index is 2.13. The van der Waals surface area contributed by atoms with E-state index in [2.05, 4.69) is 28.2 Å². The van der Waals surface area contributed by atoms with Crippen LogP contribution in [0, 0.1) is 0 Å². The van der Waals surface area contributed by atoms with Crippen LogP contribution in [0.25, 0.3) is 0 Å². The van der Waals surface area contributed by atoms with Gasteiger partial charge in [-0.3, -0.25) is 4.79 Å². The van der Waals surface area contributed by atoms with Gasteiger partial charge in [0.15, 0.2) is 0 Å². The van der Waals surface area contributed by atoms with Gasteiger partial charge in [-0.15, -0.1) is 0 Å². The minimum atomic E-state index is -0.384. The summed E-state index contributed by atoms with van der Waals surface area (Å²) >= 11 is 3.40. The number of hydrogen-bond donors (Lipinski definition) is 2. The Hall–Kier alpha value is -0.810.